The average molecular weight is 429 g/mol. The Labute approximate surface area is 166 Å². The molecule has 0 unspecified atom stereocenters. The Morgan fingerprint density at radius 1 is 0.967 bits per heavy atom. The molecule has 0 aliphatic carbocycles. The maximum Gasteiger partial charge on any atom is 0.573 e. The molecule has 0 radical (unpaired) electrons. The molecule has 0 saturated heterocycles. The first-order chi connectivity index (χ1) is 13.9. The van der Waals surface area contributed by atoms with Gasteiger partial charge in [-0.25, -0.2) is 4.98 Å². The van der Waals surface area contributed by atoms with Crippen LogP contribution in [0.2, 0.25) is 0 Å². The Hall–Kier alpha value is -3.30. The second kappa shape index (κ2) is 7.51. The normalized spacial score (nSPS) is 12.1. The largest absolute Gasteiger partial charge is 0.573 e. The number of carbonyl (C=O) groups is 1. The molecule has 1 aromatic heterocycles. The minimum atomic E-state index is -5.21. The first kappa shape index (κ1) is 21.4. The Morgan fingerprint density at radius 3 is 2.13 bits per heavy atom. The number of carbonyl (C=O) groups excluding carboxylic acids is 1. The first-order valence-corrected chi connectivity index (χ1v) is 8.37. The summed E-state index contributed by atoms with van der Waals surface area (Å²) in [4.78, 5) is 16.0. The molecule has 30 heavy (non-hydrogen) atoms. The fraction of sp³-hybridized carbons (Fsp3) is 0.200. The number of Topliss-reactive ketones (excluding diaryl/α,β-unsaturated/α-hetero) is 1. The molecule has 0 spiro atoms. The van der Waals surface area contributed by atoms with Gasteiger partial charge in [-0.3, -0.25) is 4.79 Å². The number of aromatic nitrogens is 1. The molecule has 0 fully saturated rings. The van der Waals surface area contributed by atoms with Gasteiger partial charge in [-0.15, -0.1) is 13.2 Å². The van der Waals surface area contributed by atoms with Gasteiger partial charge in [-0.2, -0.15) is 13.2 Å². The lowest BCUT2D eigenvalue weighted by molar-refractivity contribution is -0.274. The molecule has 0 N–H and O–H groups in total. The van der Waals surface area contributed by atoms with Crippen LogP contribution < -0.4 is 9.47 Å². The van der Waals surface area contributed by atoms with Crippen LogP contribution in [0.4, 0.5) is 26.3 Å². The van der Waals surface area contributed by atoms with E-state index in [0.29, 0.717) is 5.75 Å². The quantitative estimate of drug-likeness (QED) is 0.385. The van der Waals surface area contributed by atoms with Crippen molar-refractivity contribution >= 4 is 16.7 Å². The van der Waals surface area contributed by atoms with Crippen molar-refractivity contribution in [2.24, 2.45) is 0 Å². The van der Waals surface area contributed by atoms with Crippen molar-refractivity contribution in [1.29, 1.82) is 0 Å². The number of hydrogen-bond donors (Lipinski definition) is 0. The van der Waals surface area contributed by atoms with Crippen LogP contribution in [-0.2, 0) is 0 Å². The lowest BCUT2D eigenvalue weighted by Gasteiger charge is -2.18. The van der Waals surface area contributed by atoms with Crippen molar-refractivity contribution in [1.82, 2.24) is 4.98 Å². The van der Waals surface area contributed by atoms with E-state index in [0.717, 1.165) is 13.0 Å². The Morgan fingerprint density at radius 2 is 1.60 bits per heavy atom. The van der Waals surface area contributed by atoms with Crippen molar-refractivity contribution in [3.05, 3.63) is 53.7 Å². The number of aryl methyl sites for hydroxylation is 1. The van der Waals surface area contributed by atoms with Crippen molar-refractivity contribution in [2.75, 3.05) is 7.11 Å². The van der Waals surface area contributed by atoms with E-state index in [-0.39, 0.29) is 27.7 Å². The summed E-state index contributed by atoms with van der Waals surface area (Å²) in [6.45, 7) is 1.12. The fourth-order valence-corrected chi connectivity index (χ4v) is 3.06. The SMILES string of the molecule is COc1ccc(-c2c(C(=O)C(F)(F)F)c(C)nc3c(OC(F)(F)F)cccc23)cc1. The van der Waals surface area contributed by atoms with Crippen LogP contribution in [0.3, 0.4) is 0 Å². The Kier molecular flexibility index (Phi) is 5.36. The maximum absolute atomic E-state index is 13.3. The molecule has 2 aromatic carbocycles. The molecule has 0 bridgehead atoms. The van der Waals surface area contributed by atoms with Crippen molar-refractivity contribution in [3.63, 3.8) is 0 Å². The third-order valence-corrected chi connectivity index (χ3v) is 4.25. The smallest absolute Gasteiger partial charge is 0.497 e. The van der Waals surface area contributed by atoms with Crippen molar-refractivity contribution in [3.8, 4) is 22.6 Å². The second-order valence-corrected chi connectivity index (χ2v) is 6.20. The van der Waals surface area contributed by atoms with Gasteiger partial charge in [0.1, 0.15) is 11.3 Å². The van der Waals surface area contributed by atoms with Gasteiger partial charge >= 0.3 is 12.5 Å². The summed E-state index contributed by atoms with van der Waals surface area (Å²) in [5.41, 5.74) is -1.48. The van der Waals surface area contributed by atoms with E-state index in [1.165, 1.54) is 43.5 Å². The highest BCUT2D eigenvalue weighted by atomic mass is 19.4. The summed E-state index contributed by atoms with van der Waals surface area (Å²) < 4.78 is 87.1. The van der Waals surface area contributed by atoms with E-state index in [1.54, 1.807) is 0 Å². The van der Waals surface area contributed by atoms with Crippen LogP contribution in [0.1, 0.15) is 16.1 Å². The predicted molar refractivity (Wildman–Crippen MR) is 95.5 cm³/mol. The number of alkyl halides is 6. The summed E-state index contributed by atoms with van der Waals surface area (Å²) >= 11 is 0. The Balaban J connectivity index is 2.40. The highest BCUT2D eigenvalue weighted by Crippen LogP contribution is 2.40. The maximum atomic E-state index is 13.3. The predicted octanol–water partition coefficient (Wildman–Crippen LogP) is 5.86. The zero-order valence-corrected chi connectivity index (χ0v) is 15.5. The van der Waals surface area contributed by atoms with Crippen LogP contribution in [0, 0.1) is 6.92 Å². The lowest BCUT2D eigenvalue weighted by atomic mass is 9.91. The van der Waals surface area contributed by atoms with E-state index >= 15 is 0 Å². The number of nitrogens with zero attached hydrogens (tertiary/aromatic N) is 1. The topological polar surface area (TPSA) is 48.4 Å². The molecule has 0 atom stereocenters. The highest BCUT2D eigenvalue weighted by Gasteiger charge is 2.42. The van der Waals surface area contributed by atoms with Gasteiger partial charge in [0.25, 0.3) is 5.78 Å². The minimum absolute atomic E-state index is 0.0971. The van der Waals surface area contributed by atoms with Crippen molar-refractivity contribution in [2.45, 2.75) is 19.5 Å². The molecule has 0 amide bonds. The summed E-state index contributed by atoms with van der Waals surface area (Å²) in [7, 11) is 1.39. The third-order valence-electron chi connectivity index (χ3n) is 4.25. The summed E-state index contributed by atoms with van der Waals surface area (Å²) in [6, 6.07) is 9.15. The van der Waals surface area contributed by atoms with Crippen LogP contribution in [0.5, 0.6) is 11.5 Å². The van der Waals surface area contributed by atoms with E-state index in [1.807, 2.05) is 0 Å². The monoisotopic (exact) mass is 429 g/mol. The lowest BCUT2D eigenvalue weighted by Crippen LogP contribution is -2.25. The van der Waals surface area contributed by atoms with E-state index in [4.69, 9.17) is 4.74 Å². The van der Waals surface area contributed by atoms with Crippen LogP contribution >= 0.6 is 0 Å². The molecule has 10 heteroatoms. The molecular weight excluding hydrogens is 416 g/mol. The Bertz CT molecular complexity index is 1100. The van der Waals surface area contributed by atoms with Gasteiger partial charge in [0.15, 0.2) is 5.75 Å². The van der Waals surface area contributed by atoms with Crippen molar-refractivity contribution < 1.29 is 40.6 Å². The second-order valence-electron chi connectivity index (χ2n) is 6.20. The van der Waals surface area contributed by atoms with Gasteiger partial charge in [-0.05, 0) is 30.7 Å². The van der Waals surface area contributed by atoms with Gasteiger partial charge < -0.3 is 9.47 Å². The molecule has 1 heterocycles. The number of rotatable bonds is 4. The molecule has 0 saturated carbocycles. The number of methoxy groups -OCH3 is 1. The average Bonchev–Trinajstić information content (AvgIpc) is 2.65. The first-order valence-electron chi connectivity index (χ1n) is 8.37. The van der Waals surface area contributed by atoms with Gasteiger partial charge in [-0.1, -0.05) is 24.3 Å². The summed E-state index contributed by atoms with van der Waals surface area (Å²) in [6.07, 6.45) is -10.2. The van der Waals surface area contributed by atoms with Crippen LogP contribution in [0.15, 0.2) is 42.5 Å². The molecule has 3 rings (SSSR count). The molecule has 0 aliphatic rings. The molecule has 3 aromatic rings. The number of para-hydroxylation sites is 1. The highest BCUT2D eigenvalue weighted by molar-refractivity contribution is 6.13. The number of fused-ring (bicyclic) bond motifs is 1. The third kappa shape index (κ3) is 4.17. The summed E-state index contributed by atoms with van der Waals surface area (Å²) in [5.74, 6) is -2.44. The van der Waals surface area contributed by atoms with Gasteiger partial charge in [0, 0.05) is 16.6 Å². The molecule has 158 valence electrons. The number of halogens is 6. The van der Waals surface area contributed by atoms with E-state index < -0.39 is 29.6 Å². The minimum Gasteiger partial charge on any atom is -0.497 e. The van der Waals surface area contributed by atoms with Crippen LogP contribution in [-0.4, -0.2) is 30.4 Å². The number of hydrogen-bond acceptors (Lipinski definition) is 4. The van der Waals surface area contributed by atoms with Crippen LogP contribution in [0.25, 0.3) is 22.0 Å². The van der Waals surface area contributed by atoms with Gasteiger partial charge in [0.05, 0.1) is 12.7 Å². The number of ether oxygens (including phenoxy) is 2. The number of pyridine rings is 1. The summed E-state index contributed by atoms with van der Waals surface area (Å²) in [5, 5.41) is -0.0971. The number of ketones is 1. The molecule has 4 nitrogen and oxygen atoms in total. The standard InChI is InChI=1S/C20H13F6NO3/c1-10-15(18(28)19(21,22)23)16(11-6-8-12(29-2)9-7-11)13-4-3-5-14(17(13)27-10)30-20(24,25)26/h3-9H,1-2H3. The van der Waals surface area contributed by atoms with E-state index in [2.05, 4.69) is 9.72 Å². The molecular formula is C20H13F6NO3. The number of benzene rings is 2. The van der Waals surface area contributed by atoms with E-state index in [9.17, 15) is 31.1 Å². The zero-order valence-electron chi connectivity index (χ0n) is 15.5. The zero-order chi connectivity index (χ0) is 22.3. The fourth-order valence-electron chi connectivity index (χ4n) is 3.06. The van der Waals surface area contributed by atoms with Gasteiger partial charge in [0.2, 0.25) is 0 Å². The molecule has 0 aliphatic heterocycles.